The number of hydrogen-bond donors (Lipinski definition) is 1. The van der Waals surface area contributed by atoms with Crippen LogP contribution in [0, 0.1) is 5.92 Å². The Morgan fingerprint density at radius 1 is 1.33 bits per heavy atom. The topological polar surface area (TPSA) is 12.0 Å². The molecule has 0 bridgehead atoms. The van der Waals surface area contributed by atoms with Crippen LogP contribution >= 0.6 is 11.6 Å². The quantitative estimate of drug-likeness (QED) is 0.808. The molecule has 0 aromatic heterocycles. The molecular formula is C13H18ClN. The van der Waals surface area contributed by atoms with Gasteiger partial charge in [0, 0.05) is 10.6 Å². The molecule has 0 spiro atoms. The van der Waals surface area contributed by atoms with Crippen LogP contribution in [0.25, 0.3) is 0 Å². The van der Waals surface area contributed by atoms with Gasteiger partial charge in [-0.1, -0.05) is 43.6 Å². The first-order valence-electron chi connectivity index (χ1n) is 5.67. The minimum absolute atomic E-state index is 0.0956. The second kappa shape index (κ2) is 4.15. The molecule has 1 aromatic carbocycles. The highest BCUT2D eigenvalue weighted by Crippen LogP contribution is 2.40. The van der Waals surface area contributed by atoms with E-state index in [0.29, 0.717) is 5.92 Å². The minimum atomic E-state index is 0.0956. The van der Waals surface area contributed by atoms with Gasteiger partial charge in [0.1, 0.15) is 0 Å². The van der Waals surface area contributed by atoms with Crippen molar-refractivity contribution in [2.75, 3.05) is 6.54 Å². The second-order valence-electron chi connectivity index (χ2n) is 4.64. The van der Waals surface area contributed by atoms with E-state index in [1.54, 1.807) is 0 Å². The van der Waals surface area contributed by atoms with Crippen molar-refractivity contribution in [1.29, 1.82) is 0 Å². The van der Waals surface area contributed by atoms with E-state index in [4.69, 9.17) is 11.6 Å². The monoisotopic (exact) mass is 223 g/mol. The van der Waals surface area contributed by atoms with Gasteiger partial charge in [-0.15, -0.1) is 0 Å². The first kappa shape index (κ1) is 11.0. The maximum atomic E-state index is 6.30. The summed E-state index contributed by atoms with van der Waals surface area (Å²) in [7, 11) is 0. The van der Waals surface area contributed by atoms with E-state index in [1.165, 1.54) is 18.4 Å². The number of rotatable bonds is 2. The lowest BCUT2D eigenvalue weighted by Crippen LogP contribution is -2.41. The Labute approximate surface area is 96.8 Å². The molecule has 0 radical (unpaired) electrons. The van der Waals surface area contributed by atoms with Crippen LogP contribution in [0.15, 0.2) is 24.3 Å². The van der Waals surface area contributed by atoms with Gasteiger partial charge < -0.3 is 5.32 Å². The van der Waals surface area contributed by atoms with Gasteiger partial charge in [-0.2, -0.15) is 0 Å². The van der Waals surface area contributed by atoms with E-state index < -0.39 is 0 Å². The average molecular weight is 224 g/mol. The van der Waals surface area contributed by atoms with Crippen molar-refractivity contribution in [3.63, 3.8) is 0 Å². The Kier molecular flexibility index (Phi) is 3.03. The molecule has 1 heterocycles. The van der Waals surface area contributed by atoms with E-state index in [0.717, 1.165) is 11.6 Å². The number of halogens is 1. The van der Waals surface area contributed by atoms with Gasteiger partial charge in [0.2, 0.25) is 0 Å². The predicted molar refractivity (Wildman–Crippen MR) is 65.2 cm³/mol. The summed E-state index contributed by atoms with van der Waals surface area (Å²) in [4.78, 5) is 0. The summed E-state index contributed by atoms with van der Waals surface area (Å²) in [5.74, 6) is 0.569. The Hall–Kier alpha value is -0.530. The fourth-order valence-electron chi connectivity index (χ4n) is 2.62. The molecule has 1 atom stereocenters. The number of hydrogen-bond acceptors (Lipinski definition) is 1. The summed E-state index contributed by atoms with van der Waals surface area (Å²) in [6, 6.07) is 8.21. The van der Waals surface area contributed by atoms with E-state index >= 15 is 0 Å². The van der Waals surface area contributed by atoms with Crippen molar-refractivity contribution >= 4 is 11.6 Å². The molecule has 2 rings (SSSR count). The summed E-state index contributed by atoms with van der Waals surface area (Å²) in [5.41, 5.74) is 1.36. The fraction of sp³-hybridized carbons (Fsp3) is 0.538. The molecule has 2 heteroatoms. The van der Waals surface area contributed by atoms with E-state index in [2.05, 4.69) is 31.3 Å². The highest BCUT2D eigenvalue weighted by atomic mass is 35.5. The molecule has 1 N–H and O–H groups in total. The van der Waals surface area contributed by atoms with Crippen LogP contribution in [0.1, 0.15) is 32.3 Å². The Balaban J connectivity index is 2.46. The molecule has 1 aromatic rings. The van der Waals surface area contributed by atoms with E-state index in [1.807, 2.05) is 12.1 Å². The maximum absolute atomic E-state index is 6.30. The predicted octanol–water partition coefficient (Wildman–Crippen LogP) is 3.57. The number of benzene rings is 1. The Bertz CT molecular complexity index is 340. The summed E-state index contributed by atoms with van der Waals surface area (Å²) in [6.07, 6.45) is 2.43. The average Bonchev–Trinajstić information content (AvgIpc) is 2.68. The van der Waals surface area contributed by atoms with Gasteiger partial charge in [-0.3, -0.25) is 0 Å². The first-order chi connectivity index (χ1) is 7.17. The van der Waals surface area contributed by atoms with Crippen molar-refractivity contribution in [2.24, 2.45) is 5.92 Å². The Morgan fingerprint density at radius 2 is 2.07 bits per heavy atom. The normalized spacial score (nSPS) is 26.1. The molecule has 1 nitrogen and oxygen atoms in total. The maximum Gasteiger partial charge on any atom is 0.0473 e. The Morgan fingerprint density at radius 3 is 2.60 bits per heavy atom. The fourth-order valence-corrected chi connectivity index (χ4v) is 2.93. The summed E-state index contributed by atoms with van der Waals surface area (Å²) < 4.78 is 0. The molecule has 0 aliphatic carbocycles. The van der Waals surface area contributed by atoms with Crippen molar-refractivity contribution in [3.05, 3.63) is 34.9 Å². The van der Waals surface area contributed by atoms with Crippen LogP contribution < -0.4 is 5.32 Å². The molecular weight excluding hydrogens is 206 g/mol. The zero-order valence-corrected chi connectivity index (χ0v) is 10.1. The van der Waals surface area contributed by atoms with Crippen LogP contribution in [0.5, 0.6) is 0 Å². The highest BCUT2D eigenvalue weighted by molar-refractivity contribution is 6.31. The van der Waals surface area contributed by atoms with Gasteiger partial charge in [0.15, 0.2) is 0 Å². The van der Waals surface area contributed by atoms with Crippen molar-refractivity contribution in [1.82, 2.24) is 5.32 Å². The van der Waals surface area contributed by atoms with Gasteiger partial charge in [0.25, 0.3) is 0 Å². The largest absolute Gasteiger partial charge is 0.307 e. The van der Waals surface area contributed by atoms with Gasteiger partial charge in [0.05, 0.1) is 0 Å². The molecule has 15 heavy (non-hydrogen) atoms. The summed E-state index contributed by atoms with van der Waals surface area (Å²) >= 11 is 6.30. The zero-order valence-electron chi connectivity index (χ0n) is 9.39. The third-order valence-corrected chi connectivity index (χ3v) is 3.86. The standard InChI is InChI=1S/C13H18ClN/c1-10(2)13(8-5-9-15-13)11-6-3-4-7-12(11)14/h3-4,6-7,10,15H,5,8-9H2,1-2H3. The van der Waals surface area contributed by atoms with Gasteiger partial charge in [-0.25, -0.2) is 0 Å². The summed E-state index contributed by atoms with van der Waals surface area (Å²) in [5, 5.41) is 4.53. The van der Waals surface area contributed by atoms with E-state index in [9.17, 15) is 0 Å². The SMILES string of the molecule is CC(C)C1(c2ccccc2Cl)CCCN1. The van der Waals surface area contributed by atoms with Crippen molar-refractivity contribution < 1.29 is 0 Å². The molecule has 1 unspecified atom stereocenters. The molecule has 82 valence electrons. The van der Waals surface area contributed by atoms with Crippen LogP contribution in [0.3, 0.4) is 0 Å². The smallest absolute Gasteiger partial charge is 0.0473 e. The molecule has 0 saturated carbocycles. The van der Waals surface area contributed by atoms with Crippen LogP contribution in [-0.2, 0) is 5.54 Å². The number of nitrogens with one attached hydrogen (secondary N) is 1. The zero-order chi connectivity index (χ0) is 10.9. The lowest BCUT2D eigenvalue weighted by molar-refractivity contribution is 0.277. The van der Waals surface area contributed by atoms with Gasteiger partial charge in [-0.05, 0) is 36.9 Å². The minimum Gasteiger partial charge on any atom is -0.307 e. The molecule has 1 saturated heterocycles. The third kappa shape index (κ3) is 1.79. The first-order valence-corrected chi connectivity index (χ1v) is 6.04. The van der Waals surface area contributed by atoms with Crippen LogP contribution in [-0.4, -0.2) is 6.54 Å². The molecule has 1 aliphatic heterocycles. The van der Waals surface area contributed by atoms with Crippen molar-refractivity contribution in [2.45, 2.75) is 32.2 Å². The second-order valence-corrected chi connectivity index (χ2v) is 5.04. The molecule has 1 aliphatic rings. The highest BCUT2D eigenvalue weighted by Gasteiger charge is 2.39. The lowest BCUT2D eigenvalue weighted by atomic mass is 9.79. The van der Waals surface area contributed by atoms with Crippen molar-refractivity contribution in [3.8, 4) is 0 Å². The van der Waals surface area contributed by atoms with Gasteiger partial charge >= 0.3 is 0 Å². The molecule has 0 amide bonds. The van der Waals surface area contributed by atoms with Crippen LogP contribution in [0.2, 0.25) is 5.02 Å². The summed E-state index contributed by atoms with van der Waals surface area (Å²) in [6.45, 7) is 5.63. The van der Waals surface area contributed by atoms with E-state index in [-0.39, 0.29) is 5.54 Å². The lowest BCUT2D eigenvalue weighted by Gasteiger charge is -2.35. The third-order valence-electron chi connectivity index (χ3n) is 3.53. The van der Waals surface area contributed by atoms with Crippen LogP contribution in [0.4, 0.5) is 0 Å². The molecule has 1 fully saturated rings.